The van der Waals surface area contributed by atoms with E-state index in [1.165, 1.54) is 19.3 Å². The smallest absolute Gasteiger partial charge is 0.325 e. The lowest BCUT2D eigenvalue weighted by Crippen LogP contribution is -2.60. The van der Waals surface area contributed by atoms with Gasteiger partial charge in [0.1, 0.15) is 12.1 Å². The van der Waals surface area contributed by atoms with E-state index < -0.39 is 11.6 Å². The monoisotopic (exact) mass is 462 g/mol. The minimum absolute atomic E-state index is 0.0402. The third kappa shape index (κ3) is 5.06. The van der Waals surface area contributed by atoms with Crippen LogP contribution in [0.5, 0.6) is 0 Å². The zero-order chi connectivity index (χ0) is 23.7. The minimum atomic E-state index is -0.822. The number of nitrogens with one attached hydrogen (secondary N) is 2. The van der Waals surface area contributed by atoms with Crippen molar-refractivity contribution in [3.05, 3.63) is 0 Å². The van der Waals surface area contributed by atoms with E-state index in [9.17, 15) is 14.4 Å². The van der Waals surface area contributed by atoms with E-state index in [0.717, 1.165) is 56.9 Å². The lowest BCUT2D eigenvalue weighted by molar-refractivity contribution is -0.136. The van der Waals surface area contributed by atoms with Crippen LogP contribution in [0.4, 0.5) is 4.79 Å². The highest BCUT2D eigenvalue weighted by atomic mass is 16.5. The summed E-state index contributed by atoms with van der Waals surface area (Å²) in [4.78, 5) is 42.4. The van der Waals surface area contributed by atoms with Crippen LogP contribution in [0, 0.1) is 11.3 Å². The molecule has 4 amide bonds. The first-order valence-electron chi connectivity index (χ1n) is 12.9. The van der Waals surface area contributed by atoms with Crippen molar-refractivity contribution in [1.82, 2.24) is 20.4 Å². The fraction of sp³-hybridized carbons (Fsp3) is 0.880. The molecule has 2 aliphatic carbocycles. The maximum atomic E-state index is 13.2. The molecule has 8 heteroatoms. The summed E-state index contributed by atoms with van der Waals surface area (Å²) in [6.07, 6.45) is 8.82. The molecule has 4 rings (SSSR count). The number of imide groups is 1. The van der Waals surface area contributed by atoms with Crippen LogP contribution in [0.3, 0.4) is 0 Å². The van der Waals surface area contributed by atoms with Gasteiger partial charge in [-0.15, -0.1) is 0 Å². The molecule has 0 atom stereocenters. The molecular formula is C25H42N4O4. The van der Waals surface area contributed by atoms with Crippen molar-refractivity contribution in [2.75, 3.05) is 39.4 Å². The fourth-order valence-electron chi connectivity index (χ4n) is 6.45. The van der Waals surface area contributed by atoms with Gasteiger partial charge in [-0.2, -0.15) is 0 Å². The third-order valence-corrected chi connectivity index (χ3v) is 8.69. The maximum absolute atomic E-state index is 13.2. The van der Waals surface area contributed by atoms with Gasteiger partial charge in [-0.1, -0.05) is 40.0 Å². The van der Waals surface area contributed by atoms with Gasteiger partial charge in [-0.3, -0.25) is 19.4 Å². The number of rotatable bonds is 5. The molecule has 2 aliphatic heterocycles. The molecule has 186 valence electrons. The Morgan fingerprint density at radius 3 is 2.30 bits per heavy atom. The highest BCUT2D eigenvalue weighted by Crippen LogP contribution is 2.43. The number of amides is 4. The predicted octanol–water partition coefficient (Wildman–Crippen LogP) is 2.66. The van der Waals surface area contributed by atoms with Crippen molar-refractivity contribution in [3.63, 3.8) is 0 Å². The average molecular weight is 463 g/mol. The summed E-state index contributed by atoms with van der Waals surface area (Å²) in [5.41, 5.74) is -0.665. The zero-order valence-electron chi connectivity index (χ0n) is 20.7. The van der Waals surface area contributed by atoms with Crippen LogP contribution in [-0.4, -0.2) is 78.1 Å². The SMILES string of the molecule is CC(C)(C)C1CCC2(CC1)NC(=O)N(CC(=O)NCC1(N3CCOCC3)CCCCC1)C2=O. The Bertz CT molecular complexity index is 742. The van der Waals surface area contributed by atoms with Gasteiger partial charge in [-0.25, -0.2) is 4.79 Å². The van der Waals surface area contributed by atoms with Crippen LogP contribution in [0.25, 0.3) is 0 Å². The highest BCUT2D eigenvalue weighted by molar-refractivity contribution is 6.09. The molecule has 2 saturated carbocycles. The van der Waals surface area contributed by atoms with Crippen LogP contribution in [0.2, 0.25) is 0 Å². The van der Waals surface area contributed by atoms with Crippen molar-refractivity contribution < 1.29 is 19.1 Å². The van der Waals surface area contributed by atoms with Gasteiger partial charge in [0.15, 0.2) is 0 Å². The summed E-state index contributed by atoms with van der Waals surface area (Å²) in [5.74, 6) is 0.0600. The van der Waals surface area contributed by atoms with E-state index in [1.807, 2.05) is 0 Å². The summed E-state index contributed by atoms with van der Waals surface area (Å²) >= 11 is 0. The maximum Gasteiger partial charge on any atom is 0.325 e. The van der Waals surface area contributed by atoms with Gasteiger partial charge in [0.25, 0.3) is 5.91 Å². The second-order valence-corrected chi connectivity index (χ2v) is 11.7. The number of ether oxygens (including phenoxy) is 1. The first-order chi connectivity index (χ1) is 15.7. The number of hydrogen-bond donors (Lipinski definition) is 2. The summed E-state index contributed by atoms with van der Waals surface area (Å²) < 4.78 is 5.54. The lowest BCUT2D eigenvalue weighted by atomic mass is 9.67. The minimum Gasteiger partial charge on any atom is -0.379 e. The molecular weight excluding hydrogens is 420 g/mol. The molecule has 4 aliphatic rings. The number of hydrogen-bond acceptors (Lipinski definition) is 5. The van der Waals surface area contributed by atoms with Crippen LogP contribution >= 0.6 is 0 Å². The molecule has 2 N–H and O–H groups in total. The Morgan fingerprint density at radius 2 is 1.70 bits per heavy atom. The van der Waals surface area contributed by atoms with Crippen molar-refractivity contribution in [3.8, 4) is 0 Å². The van der Waals surface area contributed by atoms with Gasteiger partial charge < -0.3 is 15.4 Å². The Labute approximate surface area is 198 Å². The molecule has 0 bridgehead atoms. The molecule has 2 heterocycles. The predicted molar refractivity (Wildman–Crippen MR) is 126 cm³/mol. The standard InChI is InChI=1S/C25H42N4O4/c1-23(2,3)19-7-11-25(12-8-19)21(31)29(22(32)27-25)17-20(30)26-18-24(9-5-4-6-10-24)28-13-15-33-16-14-28/h19H,4-18H2,1-3H3,(H,26,30)(H,27,32). The molecule has 0 radical (unpaired) electrons. The fourth-order valence-corrected chi connectivity index (χ4v) is 6.45. The second-order valence-electron chi connectivity index (χ2n) is 11.7. The summed E-state index contributed by atoms with van der Waals surface area (Å²) in [7, 11) is 0. The van der Waals surface area contributed by atoms with Gasteiger partial charge in [0.05, 0.1) is 13.2 Å². The van der Waals surface area contributed by atoms with Crippen LogP contribution in [0.15, 0.2) is 0 Å². The highest BCUT2D eigenvalue weighted by Gasteiger charge is 2.53. The van der Waals surface area contributed by atoms with E-state index in [-0.39, 0.29) is 29.3 Å². The average Bonchev–Trinajstić information content (AvgIpc) is 3.02. The molecule has 4 fully saturated rings. The Hall–Kier alpha value is -1.67. The third-order valence-electron chi connectivity index (χ3n) is 8.69. The number of nitrogens with zero attached hydrogens (tertiary/aromatic N) is 2. The topological polar surface area (TPSA) is 91.0 Å². The molecule has 0 aromatic carbocycles. The molecule has 0 aromatic heterocycles. The van der Waals surface area contributed by atoms with E-state index in [2.05, 4.69) is 36.3 Å². The Kier molecular flexibility index (Phi) is 7.06. The van der Waals surface area contributed by atoms with Gasteiger partial charge in [0.2, 0.25) is 5.91 Å². The van der Waals surface area contributed by atoms with Gasteiger partial charge in [0, 0.05) is 25.2 Å². The quantitative estimate of drug-likeness (QED) is 0.613. The first-order valence-corrected chi connectivity index (χ1v) is 12.9. The lowest BCUT2D eigenvalue weighted by Gasteiger charge is -2.48. The Balaban J connectivity index is 1.34. The van der Waals surface area contributed by atoms with Crippen LogP contribution in [-0.2, 0) is 14.3 Å². The number of urea groups is 1. The van der Waals surface area contributed by atoms with Gasteiger partial charge >= 0.3 is 6.03 Å². The van der Waals surface area contributed by atoms with Crippen molar-refractivity contribution in [2.24, 2.45) is 11.3 Å². The number of carbonyl (C=O) groups is 3. The van der Waals surface area contributed by atoms with Crippen LogP contribution in [0.1, 0.15) is 78.6 Å². The number of carbonyl (C=O) groups excluding carboxylic acids is 3. The molecule has 33 heavy (non-hydrogen) atoms. The number of morpholine rings is 1. The van der Waals surface area contributed by atoms with Crippen molar-refractivity contribution >= 4 is 17.8 Å². The second kappa shape index (κ2) is 9.53. The van der Waals surface area contributed by atoms with Gasteiger partial charge in [-0.05, 0) is 49.9 Å². The molecule has 1 spiro atoms. The largest absolute Gasteiger partial charge is 0.379 e. The zero-order valence-corrected chi connectivity index (χ0v) is 20.7. The van der Waals surface area contributed by atoms with E-state index >= 15 is 0 Å². The van der Waals surface area contributed by atoms with E-state index in [1.54, 1.807) is 0 Å². The van der Waals surface area contributed by atoms with Crippen molar-refractivity contribution in [2.45, 2.75) is 89.6 Å². The summed E-state index contributed by atoms with van der Waals surface area (Å²) in [6, 6.07) is -0.426. The van der Waals surface area contributed by atoms with E-state index in [0.29, 0.717) is 25.3 Å². The van der Waals surface area contributed by atoms with Crippen LogP contribution < -0.4 is 10.6 Å². The summed E-state index contributed by atoms with van der Waals surface area (Å²) in [6.45, 7) is 10.3. The normalized spacial score (nSPS) is 31.0. The molecule has 8 nitrogen and oxygen atoms in total. The Morgan fingerprint density at radius 1 is 1.06 bits per heavy atom. The van der Waals surface area contributed by atoms with Crippen molar-refractivity contribution in [1.29, 1.82) is 0 Å². The molecule has 0 aromatic rings. The molecule has 2 saturated heterocycles. The van der Waals surface area contributed by atoms with E-state index in [4.69, 9.17) is 4.74 Å². The molecule has 0 unspecified atom stereocenters. The first kappa shape index (κ1) is 24.5. The summed E-state index contributed by atoms with van der Waals surface area (Å²) in [5, 5.41) is 6.03.